The van der Waals surface area contributed by atoms with Crippen molar-refractivity contribution in [2.75, 3.05) is 20.3 Å². The second kappa shape index (κ2) is 10.2. The first-order valence-electron chi connectivity index (χ1n) is 9.69. The van der Waals surface area contributed by atoms with E-state index in [1.54, 1.807) is 37.4 Å². The molecule has 8 heteroatoms. The van der Waals surface area contributed by atoms with Crippen LogP contribution in [0.3, 0.4) is 0 Å². The summed E-state index contributed by atoms with van der Waals surface area (Å²) in [7, 11) is 1.59. The lowest BCUT2D eigenvalue weighted by atomic mass is 10.1. The molecule has 0 bridgehead atoms. The van der Waals surface area contributed by atoms with E-state index in [1.807, 2.05) is 24.3 Å². The van der Waals surface area contributed by atoms with Crippen LogP contribution in [0.2, 0.25) is 0 Å². The van der Waals surface area contributed by atoms with Gasteiger partial charge in [-0.1, -0.05) is 0 Å². The van der Waals surface area contributed by atoms with Crippen molar-refractivity contribution in [2.45, 2.75) is 13.5 Å². The number of hydrogen-bond acceptors (Lipinski definition) is 6. The third kappa shape index (κ3) is 6.02. The van der Waals surface area contributed by atoms with Crippen LogP contribution in [0, 0.1) is 0 Å². The van der Waals surface area contributed by atoms with Crippen LogP contribution in [-0.2, 0) is 11.3 Å². The number of carbonyl (C=O) groups is 2. The zero-order valence-corrected chi connectivity index (χ0v) is 17.3. The van der Waals surface area contributed by atoms with Gasteiger partial charge < -0.3 is 14.8 Å². The molecule has 8 nitrogen and oxygen atoms in total. The Morgan fingerprint density at radius 2 is 1.65 bits per heavy atom. The van der Waals surface area contributed by atoms with Gasteiger partial charge in [0.1, 0.15) is 11.5 Å². The Bertz CT molecular complexity index is 1110. The molecule has 0 aliphatic heterocycles. The summed E-state index contributed by atoms with van der Waals surface area (Å²) in [5.74, 6) is 0.862. The van der Waals surface area contributed by atoms with E-state index in [-0.39, 0.29) is 36.9 Å². The number of rotatable bonds is 9. The number of benzene rings is 2. The van der Waals surface area contributed by atoms with Crippen molar-refractivity contribution >= 4 is 11.7 Å². The summed E-state index contributed by atoms with van der Waals surface area (Å²) in [6.07, 6.45) is 0. The highest BCUT2D eigenvalue weighted by Gasteiger charge is 2.07. The fourth-order valence-corrected chi connectivity index (χ4v) is 2.81. The van der Waals surface area contributed by atoms with Crippen molar-refractivity contribution < 1.29 is 19.1 Å². The van der Waals surface area contributed by atoms with E-state index >= 15 is 0 Å². The van der Waals surface area contributed by atoms with Gasteiger partial charge in [-0.25, -0.2) is 4.68 Å². The predicted molar refractivity (Wildman–Crippen MR) is 115 cm³/mol. The Labute approximate surface area is 179 Å². The normalized spacial score (nSPS) is 10.4. The highest BCUT2D eigenvalue weighted by Crippen LogP contribution is 2.19. The Hall–Kier alpha value is -3.94. The summed E-state index contributed by atoms with van der Waals surface area (Å²) in [5, 5.41) is 7.06. The molecule has 0 radical (unpaired) electrons. The Morgan fingerprint density at radius 1 is 0.968 bits per heavy atom. The molecule has 0 aliphatic carbocycles. The number of ketones is 1. The quantitative estimate of drug-likeness (QED) is 0.533. The average Bonchev–Trinajstić information content (AvgIpc) is 2.79. The highest BCUT2D eigenvalue weighted by molar-refractivity contribution is 5.94. The van der Waals surface area contributed by atoms with Gasteiger partial charge in [0.25, 0.3) is 11.5 Å². The summed E-state index contributed by atoms with van der Waals surface area (Å²) in [6, 6.07) is 17.0. The number of nitrogens with one attached hydrogen (secondary N) is 1. The number of ether oxygens (including phenoxy) is 2. The minimum Gasteiger partial charge on any atom is -0.497 e. The molecule has 0 aliphatic rings. The first kappa shape index (κ1) is 21.8. The molecule has 1 N–H and O–H groups in total. The molecular formula is C23H23N3O5. The van der Waals surface area contributed by atoms with Gasteiger partial charge >= 0.3 is 0 Å². The minimum atomic E-state index is -0.324. The fourth-order valence-electron chi connectivity index (χ4n) is 2.81. The number of aromatic nitrogens is 2. The van der Waals surface area contributed by atoms with Gasteiger partial charge in [0.2, 0.25) is 0 Å². The van der Waals surface area contributed by atoms with E-state index in [2.05, 4.69) is 10.4 Å². The third-order valence-electron chi connectivity index (χ3n) is 4.53. The summed E-state index contributed by atoms with van der Waals surface area (Å²) in [4.78, 5) is 35.4. The number of methoxy groups -OCH3 is 1. The Balaban J connectivity index is 1.51. The van der Waals surface area contributed by atoms with Crippen LogP contribution in [-0.4, -0.2) is 41.7 Å². The van der Waals surface area contributed by atoms with Crippen LogP contribution in [0.4, 0.5) is 0 Å². The first-order valence-corrected chi connectivity index (χ1v) is 9.69. The van der Waals surface area contributed by atoms with Gasteiger partial charge in [0.15, 0.2) is 12.4 Å². The van der Waals surface area contributed by atoms with Crippen molar-refractivity contribution in [2.24, 2.45) is 0 Å². The van der Waals surface area contributed by atoms with Gasteiger partial charge in [0, 0.05) is 23.7 Å². The molecule has 160 valence electrons. The van der Waals surface area contributed by atoms with Crippen LogP contribution in [0.1, 0.15) is 17.3 Å². The SMILES string of the molecule is COc1ccc(-c2ccc(=O)n(CCNC(=O)COc3ccc(C(C)=O)cc3)n2)cc1. The minimum absolute atomic E-state index is 0.0378. The molecule has 0 unspecified atom stereocenters. The largest absolute Gasteiger partial charge is 0.497 e. The van der Waals surface area contributed by atoms with Gasteiger partial charge in [-0.05, 0) is 61.5 Å². The van der Waals surface area contributed by atoms with E-state index in [9.17, 15) is 14.4 Å². The molecule has 31 heavy (non-hydrogen) atoms. The lowest BCUT2D eigenvalue weighted by Gasteiger charge is -2.10. The van der Waals surface area contributed by atoms with Gasteiger partial charge in [-0.15, -0.1) is 0 Å². The maximum atomic E-state index is 12.1. The van der Waals surface area contributed by atoms with Crippen LogP contribution in [0.5, 0.6) is 11.5 Å². The molecule has 3 aromatic rings. The molecule has 0 atom stereocenters. The second-order valence-corrected chi connectivity index (χ2v) is 6.73. The average molecular weight is 421 g/mol. The standard InChI is InChI=1S/C23H23N3O5/c1-16(27)17-3-9-20(10-4-17)31-15-22(28)24-13-14-26-23(29)12-11-21(25-26)18-5-7-19(30-2)8-6-18/h3-12H,13-15H2,1-2H3,(H,24,28). The molecule has 1 aromatic heterocycles. The topological polar surface area (TPSA) is 99.5 Å². The number of carbonyl (C=O) groups excluding carboxylic acids is 2. The van der Waals surface area contributed by atoms with Crippen molar-refractivity contribution in [1.82, 2.24) is 15.1 Å². The molecule has 0 saturated heterocycles. The van der Waals surface area contributed by atoms with Crippen molar-refractivity contribution in [3.8, 4) is 22.8 Å². The van der Waals surface area contributed by atoms with Crippen LogP contribution >= 0.6 is 0 Å². The van der Waals surface area contributed by atoms with Crippen molar-refractivity contribution in [1.29, 1.82) is 0 Å². The van der Waals surface area contributed by atoms with E-state index in [0.717, 1.165) is 11.3 Å². The Kier molecular flexibility index (Phi) is 7.16. The molecule has 1 amide bonds. The zero-order valence-electron chi connectivity index (χ0n) is 17.3. The van der Waals surface area contributed by atoms with E-state index in [0.29, 0.717) is 17.0 Å². The number of Topliss-reactive ketones (excluding diaryl/α,β-unsaturated/α-hetero) is 1. The van der Waals surface area contributed by atoms with Crippen LogP contribution in [0.25, 0.3) is 11.3 Å². The van der Waals surface area contributed by atoms with E-state index in [4.69, 9.17) is 9.47 Å². The van der Waals surface area contributed by atoms with Gasteiger partial charge in [-0.2, -0.15) is 5.10 Å². The number of hydrogen-bond donors (Lipinski definition) is 1. The zero-order chi connectivity index (χ0) is 22.2. The molecule has 0 spiro atoms. The van der Waals surface area contributed by atoms with E-state index in [1.165, 1.54) is 17.7 Å². The highest BCUT2D eigenvalue weighted by atomic mass is 16.5. The second-order valence-electron chi connectivity index (χ2n) is 6.73. The monoisotopic (exact) mass is 421 g/mol. The Morgan fingerprint density at radius 3 is 2.29 bits per heavy atom. The third-order valence-corrected chi connectivity index (χ3v) is 4.53. The molecule has 1 heterocycles. The van der Waals surface area contributed by atoms with Crippen LogP contribution < -0.4 is 20.3 Å². The maximum Gasteiger partial charge on any atom is 0.266 e. The first-order chi connectivity index (χ1) is 15.0. The summed E-state index contributed by atoms with van der Waals surface area (Å²) in [6.45, 7) is 1.76. The fraction of sp³-hybridized carbons (Fsp3) is 0.217. The molecule has 0 fully saturated rings. The summed E-state index contributed by atoms with van der Waals surface area (Å²) in [5.41, 5.74) is 1.81. The number of amides is 1. The maximum absolute atomic E-state index is 12.1. The van der Waals surface area contributed by atoms with Crippen LogP contribution in [0.15, 0.2) is 65.5 Å². The molecule has 3 rings (SSSR count). The lowest BCUT2D eigenvalue weighted by Crippen LogP contribution is -2.34. The summed E-state index contributed by atoms with van der Waals surface area (Å²) >= 11 is 0. The lowest BCUT2D eigenvalue weighted by molar-refractivity contribution is -0.123. The summed E-state index contributed by atoms with van der Waals surface area (Å²) < 4.78 is 11.9. The molecular weight excluding hydrogens is 398 g/mol. The van der Waals surface area contributed by atoms with Gasteiger partial charge in [-0.3, -0.25) is 14.4 Å². The van der Waals surface area contributed by atoms with Gasteiger partial charge in [0.05, 0.1) is 19.3 Å². The van der Waals surface area contributed by atoms with E-state index < -0.39 is 0 Å². The number of nitrogens with zero attached hydrogens (tertiary/aromatic N) is 2. The molecule has 0 saturated carbocycles. The van der Waals surface area contributed by atoms with Crippen molar-refractivity contribution in [3.63, 3.8) is 0 Å². The smallest absolute Gasteiger partial charge is 0.266 e. The van der Waals surface area contributed by atoms with Crippen molar-refractivity contribution in [3.05, 3.63) is 76.6 Å². The predicted octanol–water partition coefficient (Wildman–Crippen LogP) is 2.32. The molecule has 2 aromatic carbocycles.